The molecule has 2 fully saturated rings. The number of hydrogen-bond acceptors (Lipinski definition) is 2. The summed E-state index contributed by atoms with van der Waals surface area (Å²) in [5.41, 5.74) is 0.321. The summed E-state index contributed by atoms with van der Waals surface area (Å²) in [6.45, 7) is 6.90. The lowest BCUT2D eigenvalue weighted by molar-refractivity contribution is 0.249. The van der Waals surface area contributed by atoms with E-state index in [0.717, 1.165) is 18.1 Å². The highest BCUT2D eigenvalue weighted by molar-refractivity contribution is 4.96. The quantitative estimate of drug-likeness (QED) is 0.722. The van der Waals surface area contributed by atoms with E-state index in [1.165, 1.54) is 32.1 Å². The molecule has 2 heteroatoms. The number of fused-ring (bicyclic) bond motifs is 2. The maximum atomic E-state index is 3.81. The minimum Gasteiger partial charge on any atom is -0.311 e. The van der Waals surface area contributed by atoms with Crippen LogP contribution < -0.4 is 10.6 Å². The van der Waals surface area contributed by atoms with E-state index in [0.29, 0.717) is 5.54 Å². The molecule has 0 spiro atoms. The zero-order valence-corrected chi connectivity index (χ0v) is 9.77. The van der Waals surface area contributed by atoms with Crippen LogP contribution >= 0.6 is 0 Å². The first-order chi connectivity index (χ1) is 6.59. The van der Waals surface area contributed by atoms with Crippen LogP contribution in [0.4, 0.5) is 0 Å². The Bertz CT molecular complexity index is 188. The molecule has 2 unspecified atom stereocenters. The van der Waals surface area contributed by atoms with Gasteiger partial charge in [0.15, 0.2) is 0 Å². The molecule has 2 nitrogen and oxygen atoms in total. The summed E-state index contributed by atoms with van der Waals surface area (Å²) in [6.07, 6.45) is 6.68. The van der Waals surface area contributed by atoms with Crippen molar-refractivity contribution < 1.29 is 0 Å². The van der Waals surface area contributed by atoms with Crippen molar-refractivity contribution in [3.63, 3.8) is 0 Å². The van der Waals surface area contributed by atoms with Gasteiger partial charge in [-0.2, -0.15) is 0 Å². The molecule has 2 aliphatic rings. The van der Waals surface area contributed by atoms with Gasteiger partial charge < -0.3 is 10.6 Å². The van der Waals surface area contributed by atoms with Gasteiger partial charge in [0.25, 0.3) is 0 Å². The van der Waals surface area contributed by atoms with Crippen LogP contribution in [-0.2, 0) is 0 Å². The zero-order chi connectivity index (χ0) is 10.2. The third-order valence-corrected chi connectivity index (χ3v) is 3.95. The standard InChI is InChI=1S/C12H24N2/c1-4-12(2,3)14-11-7-9-5-6-10(8-11)13-9/h9-11,13-14H,4-8H2,1-3H3. The van der Waals surface area contributed by atoms with Crippen molar-refractivity contribution in [2.45, 2.75) is 76.5 Å². The Morgan fingerprint density at radius 3 is 2.29 bits per heavy atom. The normalized spacial score (nSPS) is 37.5. The number of hydrogen-bond donors (Lipinski definition) is 2. The van der Waals surface area contributed by atoms with Gasteiger partial charge >= 0.3 is 0 Å². The maximum absolute atomic E-state index is 3.81. The van der Waals surface area contributed by atoms with Crippen LogP contribution in [0.2, 0.25) is 0 Å². The predicted molar refractivity (Wildman–Crippen MR) is 60.5 cm³/mol. The molecule has 0 saturated carbocycles. The van der Waals surface area contributed by atoms with Crippen molar-refractivity contribution in [2.75, 3.05) is 0 Å². The molecule has 2 heterocycles. The first kappa shape index (κ1) is 10.4. The van der Waals surface area contributed by atoms with Crippen molar-refractivity contribution in [3.05, 3.63) is 0 Å². The summed E-state index contributed by atoms with van der Waals surface area (Å²) in [5.74, 6) is 0. The molecular weight excluding hydrogens is 172 g/mol. The van der Waals surface area contributed by atoms with E-state index < -0.39 is 0 Å². The third kappa shape index (κ3) is 2.29. The van der Waals surface area contributed by atoms with Gasteiger partial charge in [-0.25, -0.2) is 0 Å². The molecule has 0 aliphatic carbocycles. The van der Waals surface area contributed by atoms with E-state index in [9.17, 15) is 0 Å². The van der Waals surface area contributed by atoms with Crippen LogP contribution in [0, 0.1) is 0 Å². The Morgan fingerprint density at radius 2 is 1.79 bits per heavy atom. The Hall–Kier alpha value is -0.0800. The van der Waals surface area contributed by atoms with Crippen molar-refractivity contribution in [1.29, 1.82) is 0 Å². The van der Waals surface area contributed by atoms with E-state index in [1.54, 1.807) is 0 Å². The van der Waals surface area contributed by atoms with Gasteiger partial charge in [-0.3, -0.25) is 0 Å². The Morgan fingerprint density at radius 1 is 1.21 bits per heavy atom. The van der Waals surface area contributed by atoms with E-state index in [1.807, 2.05) is 0 Å². The topological polar surface area (TPSA) is 24.1 Å². The van der Waals surface area contributed by atoms with Gasteiger partial charge in [-0.15, -0.1) is 0 Å². The van der Waals surface area contributed by atoms with E-state index in [4.69, 9.17) is 0 Å². The zero-order valence-electron chi connectivity index (χ0n) is 9.77. The first-order valence-corrected chi connectivity index (χ1v) is 6.13. The second kappa shape index (κ2) is 3.82. The fraction of sp³-hybridized carbons (Fsp3) is 1.00. The monoisotopic (exact) mass is 196 g/mol. The van der Waals surface area contributed by atoms with Crippen LogP contribution in [0.1, 0.15) is 52.9 Å². The Kier molecular flexibility index (Phi) is 2.85. The second-order valence-electron chi connectivity index (χ2n) is 5.69. The number of piperidine rings is 1. The molecule has 2 atom stereocenters. The van der Waals surface area contributed by atoms with Gasteiger partial charge in [0.1, 0.15) is 0 Å². The summed E-state index contributed by atoms with van der Waals surface area (Å²) in [5, 5.41) is 7.49. The second-order valence-corrected chi connectivity index (χ2v) is 5.69. The molecule has 0 aromatic heterocycles. The van der Waals surface area contributed by atoms with Crippen molar-refractivity contribution in [1.82, 2.24) is 10.6 Å². The molecule has 2 N–H and O–H groups in total. The Labute approximate surface area is 87.8 Å². The van der Waals surface area contributed by atoms with Gasteiger partial charge in [0.2, 0.25) is 0 Å². The van der Waals surface area contributed by atoms with Crippen LogP contribution in [0.5, 0.6) is 0 Å². The van der Waals surface area contributed by atoms with Crippen LogP contribution in [0.25, 0.3) is 0 Å². The van der Waals surface area contributed by atoms with Gasteiger partial charge in [-0.05, 0) is 46.0 Å². The minimum atomic E-state index is 0.321. The highest BCUT2D eigenvalue weighted by Crippen LogP contribution is 2.28. The number of nitrogens with one attached hydrogen (secondary N) is 2. The fourth-order valence-electron chi connectivity index (χ4n) is 2.83. The lowest BCUT2D eigenvalue weighted by Crippen LogP contribution is -2.52. The van der Waals surface area contributed by atoms with E-state index in [-0.39, 0.29) is 0 Å². The average molecular weight is 196 g/mol. The maximum Gasteiger partial charge on any atom is 0.0125 e. The lowest BCUT2D eigenvalue weighted by atomic mass is 9.94. The highest BCUT2D eigenvalue weighted by atomic mass is 15.1. The Balaban J connectivity index is 1.88. The van der Waals surface area contributed by atoms with Crippen LogP contribution in [0.15, 0.2) is 0 Å². The molecule has 0 amide bonds. The first-order valence-electron chi connectivity index (χ1n) is 6.13. The molecule has 82 valence electrons. The molecule has 0 aromatic rings. The molecular formula is C12H24N2. The molecule has 2 rings (SSSR count). The largest absolute Gasteiger partial charge is 0.311 e. The summed E-state index contributed by atoms with van der Waals surface area (Å²) >= 11 is 0. The molecule has 2 bridgehead atoms. The summed E-state index contributed by atoms with van der Waals surface area (Å²) in [7, 11) is 0. The van der Waals surface area contributed by atoms with Crippen LogP contribution in [-0.4, -0.2) is 23.7 Å². The average Bonchev–Trinajstić information content (AvgIpc) is 2.45. The molecule has 0 aromatic carbocycles. The van der Waals surface area contributed by atoms with Gasteiger partial charge in [0.05, 0.1) is 0 Å². The predicted octanol–water partition coefficient (Wildman–Crippen LogP) is 2.05. The van der Waals surface area contributed by atoms with E-state index >= 15 is 0 Å². The smallest absolute Gasteiger partial charge is 0.0125 e. The van der Waals surface area contributed by atoms with Crippen LogP contribution in [0.3, 0.4) is 0 Å². The highest BCUT2D eigenvalue weighted by Gasteiger charge is 2.34. The molecule has 2 aliphatic heterocycles. The SMILES string of the molecule is CCC(C)(C)NC1CC2CCC(C1)N2. The van der Waals surface area contributed by atoms with E-state index in [2.05, 4.69) is 31.4 Å². The summed E-state index contributed by atoms with van der Waals surface area (Å²) in [6, 6.07) is 2.36. The molecule has 14 heavy (non-hydrogen) atoms. The fourth-order valence-corrected chi connectivity index (χ4v) is 2.83. The lowest BCUT2D eigenvalue weighted by Gasteiger charge is -2.36. The van der Waals surface area contributed by atoms with Gasteiger partial charge in [-0.1, -0.05) is 6.92 Å². The minimum absolute atomic E-state index is 0.321. The van der Waals surface area contributed by atoms with Crippen molar-refractivity contribution in [3.8, 4) is 0 Å². The summed E-state index contributed by atoms with van der Waals surface area (Å²) < 4.78 is 0. The molecule has 2 saturated heterocycles. The van der Waals surface area contributed by atoms with Gasteiger partial charge in [0, 0.05) is 23.7 Å². The summed E-state index contributed by atoms with van der Waals surface area (Å²) in [4.78, 5) is 0. The van der Waals surface area contributed by atoms with Crippen molar-refractivity contribution in [2.24, 2.45) is 0 Å². The molecule has 0 radical (unpaired) electrons. The third-order valence-electron chi connectivity index (χ3n) is 3.95. The number of rotatable bonds is 3. The van der Waals surface area contributed by atoms with Crippen molar-refractivity contribution >= 4 is 0 Å².